The molecule has 0 aliphatic rings. The number of aromatic amines is 1. The molecule has 2 rings (SSSR count). The van der Waals surface area contributed by atoms with Crippen molar-refractivity contribution in [2.75, 3.05) is 5.32 Å². The van der Waals surface area contributed by atoms with Gasteiger partial charge in [0, 0.05) is 29.4 Å². The van der Waals surface area contributed by atoms with E-state index < -0.39 is 0 Å². The molecule has 18 heavy (non-hydrogen) atoms. The van der Waals surface area contributed by atoms with E-state index in [4.69, 9.17) is 11.6 Å². The molecule has 2 aromatic rings. The number of H-pyrrole nitrogens is 1. The molecule has 0 aliphatic carbocycles. The van der Waals surface area contributed by atoms with Crippen molar-refractivity contribution >= 4 is 23.3 Å². The van der Waals surface area contributed by atoms with Gasteiger partial charge in [-0.15, -0.1) is 0 Å². The van der Waals surface area contributed by atoms with Crippen LogP contribution in [-0.4, -0.2) is 6.03 Å². The third-order valence-corrected chi connectivity index (χ3v) is 2.56. The molecule has 2 amide bonds. The number of benzene rings is 1. The first-order chi connectivity index (χ1) is 8.74. The van der Waals surface area contributed by atoms with E-state index in [1.165, 1.54) is 0 Å². The second-order valence-corrected chi connectivity index (χ2v) is 4.16. The van der Waals surface area contributed by atoms with Gasteiger partial charge in [-0.2, -0.15) is 0 Å². The van der Waals surface area contributed by atoms with Gasteiger partial charge in [-0.3, -0.25) is 0 Å². The zero-order chi connectivity index (χ0) is 12.8. The summed E-state index contributed by atoms with van der Waals surface area (Å²) in [6.07, 6.45) is 3.62. The van der Waals surface area contributed by atoms with E-state index >= 15 is 0 Å². The number of hydrogen-bond acceptors (Lipinski definition) is 1. The third-order valence-electron chi connectivity index (χ3n) is 2.32. The van der Waals surface area contributed by atoms with Crippen molar-refractivity contribution in [1.29, 1.82) is 0 Å². The maximum absolute atomic E-state index is 11.6. The zero-order valence-corrected chi connectivity index (χ0v) is 10.4. The Balaban J connectivity index is 1.86. The van der Waals surface area contributed by atoms with E-state index in [9.17, 15) is 4.79 Å². The standard InChI is InChI=1S/C13H12ClN3O/c14-11-2-1-3-12(8-11)17-13(18)16-9-10-4-6-15-7-5-10/h1-8H,9H2,(H2,16,17,18)/p+1. The van der Waals surface area contributed by atoms with Crippen molar-refractivity contribution in [1.82, 2.24) is 5.32 Å². The minimum atomic E-state index is -0.259. The molecule has 3 N–H and O–H groups in total. The van der Waals surface area contributed by atoms with Crippen LogP contribution in [-0.2, 0) is 6.54 Å². The molecule has 1 aromatic carbocycles. The molecule has 0 atom stereocenters. The monoisotopic (exact) mass is 262 g/mol. The van der Waals surface area contributed by atoms with Gasteiger partial charge in [0.15, 0.2) is 12.4 Å². The molecule has 92 valence electrons. The fourth-order valence-corrected chi connectivity index (χ4v) is 1.65. The molecule has 5 heteroatoms. The first-order valence-corrected chi connectivity index (χ1v) is 5.87. The minimum absolute atomic E-state index is 0.259. The van der Waals surface area contributed by atoms with Gasteiger partial charge < -0.3 is 10.6 Å². The second kappa shape index (κ2) is 6.02. The summed E-state index contributed by atoms with van der Waals surface area (Å²) >= 11 is 5.83. The lowest BCUT2D eigenvalue weighted by Crippen LogP contribution is -2.28. The number of rotatable bonds is 3. The smallest absolute Gasteiger partial charge is 0.319 e. The number of hydrogen-bond donors (Lipinski definition) is 2. The Labute approximate surface area is 110 Å². The van der Waals surface area contributed by atoms with Crippen LogP contribution in [0.3, 0.4) is 0 Å². The lowest BCUT2D eigenvalue weighted by atomic mass is 10.3. The van der Waals surface area contributed by atoms with Crippen LogP contribution >= 0.6 is 11.6 Å². The molecule has 0 saturated carbocycles. The summed E-state index contributed by atoms with van der Waals surface area (Å²) in [5.41, 5.74) is 1.69. The minimum Gasteiger partial charge on any atom is -0.334 e. The van der Waals surface area contributed by atoms with Gasteiger partial charge in [0.1, 0.15) is 0 Å². The molecule has 0 spiro atoms. The molecule has 1 heterocycles. The number of halogens is 1. The van der Waals surface area contributed by atoms with Crippen molar-refractivity contribution < 1.29 is 9.78 Å². The summed E-state index contributed by atoms with van der Waals surface area (Å²) in [5, 5.41) is 6.06. The average molecular weight is 263 g/mol. The molecule has 0 saturated heterocycles. The fourth-order valence-electron chi connectivity index (χ4n) is 1.46. The lowest BCUT2D eigenvalue weighted by molar-refractivity contribution is -0.378. The highest BCUT2D eigenvalue weighted by Crippen LogP contribution is 2.14. The number of carbonyl (C=O) groups excluding carboxylic acids is 1. The highest BCUT2D eigenvalue weighted by molar-refractivity contribution is 6.30. The summed E-state index contributed by atoms with van der Waals surface area (Å²) in [7, 11) is 0. The third kappa shape index (κ3) is 3.75. The predicted molar refractivity (Wildman–Crippen MR) is 70.3 cm³/mol. The molecule has 4 nitrogen and oxygen atoms in total. The van der Waals surface area contributed by atoms with Gasteiger partial charge in [-0.25, -0.2) is 9.78 Å². The summed E-state index contributed by atoms with van der Waals surface area (Å²) < 4.78 is 0. The molecule has 0 aliphatic heterocycles. The summed E-state index contributed by atoms with van der Waals surface area (Å²) in [5.74, 6) is 0. The Hall–Kier alpha value is -2.07. The maximum Gasteiger partial charge on any atom is 0.319 e. The Bertz CT molecular complexity index is 531. The van der Waals surface area contributed by atoms with Crippen molar-refractivity contribution in [2.24, 2.45) is 0 Å². The van der Waals surface area contributed by atoms with E-state index in [2.05, 4.69) is 15.6 Å². The van der Waals surface area contributed by atoms with Crippen molar-refractivity contribution in [3.8, 4) is 0 Å². The Kier molecular flexibility index (Phi) is 4.15. The Morgan fingerprint density at radius 1 is 1.22 bits per heavy atom. The van der Waals surface area contributed by atoms with Gasteiger partial charge in [0.05, 0.1) is 0 Å². The van der Waals surface area contributed by atoms with E-state index in [1.54, 1.807) is 24.3 Å². The Morgan fingerprint density at radius 3 is 2.72 bits per heavy atom. The number of urea groups is 1. The molecule has 0 unspecified atom stereocenters. The fraction of sp³-hybridized carbons (Fsp3) is 0.0769. The van der Waals surface area contributed by atoms with Gasteiger partial charge in [0.25, 0.3) is 0 Å². The summed E-state index contributed by atoms with van der Waals surface area (Å²) in [4.78, 5) is 14.5. The first kappa shape index (κ1) is 12.4. The van der Waals surface area contributed by atoms with Crippen molar-refractivity contribution in [2.45, 2.75) is 6.54 Å². The van der Waals surface area contributed by atoms with Crippen LogP contribution in [0.15, 0.2) is 48.8 Å². The maximum atomic E-state index is 11.6. The van der Waals surface area contributed by atoms with Crippen LogP contribution < -0.4 is 15.6 Å². The highest BCUT2D eigenvalue weighted by atomic mass is 35.5. The van der Waals surface area contributed by atoms with Gasteiger partial charge in [-0.05, 0) is 23.8 Å². The summed E-state index contributed by atoms with van der Waals surface area (Å²) in [6.45, 7) is 0.473. The molecular formula is C13H13ClN3O+. The van der Waals surface area contributed by atoms with Crippen LogP contribution in [0.25, 0.3) is 0 Å². The van der Waals surface area contributed by atoms with E-state index in [1.807, 2.05) is 24.5 Å². The zero-order valence-electron chi connectivity index (χ0n) is 9.61. The van der Waals surface area contributed by atoms with Gasteiger partial charge in [-0.1, -0.05) is 17.7 Å². The first-order valence-electron chi connectivity index (χ1n) is 5.49. The predicted octanol–water partition coefficient (Wildman–Crippen LogP) is 2.48. The molecule has 0 fully saturated rings. The number of amides is 2. The summed E-state index contributed by atoms with van der Waals surface area (Å²) in [6, 6.07) is 10.6. The largest absolute Gasteiger partial charge is 0.334 e. The number of nitrogens with one attached hydrogen (secondary N) is 3. The van der Waals surface area contributed by atoms with Crippen LogP contribution in [0, 0.1) is 0 Å². The van der Waals surface area contributed by atoms with Crippen LogP contribution in [0.1, 0.15) is 5.56 Å². The topological polar surface area (TPSA) is 55.3 Å². The molecule has 0 bridgehead atoms. The molecular weight excluding hydrogens is 250 g/mol. The number of carbonyl (C=O) groups is 1. The quantitative estimate of drug-likeness (QED) is 0.877. The SMILES string of the molecule is O=C(NCc1cc[nH+]cc1)Nc1cccc(Cl)c1. The molecule has 0 radical (unpaired) electrons. The number of aromatic nitrogens is 1. The number of pyridine rings is 1. The van der Waals surface area contributed by atoms with E-state index in [0.29, 0.717) is 17.3 Å². The van der Waals surface area contributed by atoms with Crippen molar-refractivity contribution in [3.05, 3.63) is 59.4 Å². The van der Waals surface area contributed by atoms with E-state index in [-0.39, 0.29) is 6.03 Å². The number of anilines is 1. The average Bonchev–Trinajstić information content (AvgIpc) is 2.38. The second-order valence-electron chi connectivity index (χ2n) is 3.73. The highest BCUT2D eigenvalue weighted by Gasteiger charge is 2.02. The van der Waals surface area contributed by atoms with Crippen molar-refractivity contribution in [3.63, 3.8) is 0 Å². The normalized spacial score (nSPS) is 9.83. The van der Waals surface area contributed by atoms with E-state index in [0.717, 1.165) is 5.56 Å². The Morgan fingerprint density at radius 2 is 2.00 bits per heavy atom. The van der Waals surface area contributed by atoms with Crippen LogP contribution in [0.2, 0.25) is 5.02 Å². The van der Waals surface area contributed by atoms with Crippen LogP contribution in [0.4, 0.5) is 10.5 Å². The van der Waals surface area contributed by atoms with Gasteiger partial charge in [0.2, 0.25) is 0 Å². The van der Waals surface area contributed by atoms with Gasteiger partial charge >= 0.3 is 6.03 Å². The molecule has 1 aromatic heterocycles. The lowest BCUT2D eigenvalue weighted by Gasteiger charge is -2.07. The van der Waals surface area contributed by atoms with Crippen LogP contribution in [0.5, 0.6) is 0 Å².